The van der Waals surface area contributed by atoms with Gasteiger partial charge in [0.25, 0.3) is 0 Å². The maximum atomic E-state index is 12.7. The molecular weight excluding hydrogens is 330 g/mol. The number of aromatic nitrogens is 2. The highest BCUT2D eigenvalue weighted by Gasteiger charge is 2.51. The first-order valence-electron chi connectivity index (χ1n) is 9.53. The van der Waals surface area contributed by atoms with Crippen molar-refractivity contribution in [3.05, 3.63) is 23.8 Å². The molecule has 7 heteroatoms. The third-order valence-corrected chi connectivity index (χ3v) is 6.10. The van der Waals surface area contributed by atoms with Gasteiger partial charge in [-0.15, -0.1) is 0 Å². The Morgan fingerprint density at radius 1 is 1.19 bits per heavy atom. The van der Waals surface area contributed by atoms with E-state index >= 15 is 0 Å². The summed E-state index contributed by atoms with van der Waals surface area (Å²) in [5, 5.41) is 0. The fraction of sp³-hybridized carbons (Fsp3) is 0.684. The number of rotatable bonds is 3. The van der Waals surface area contributed by atoms with Crippen LogP contribution < -0.4 is 5.73 Å². The van der Waals surface area contributed by atoms with Gasteiger partial charge in [0.2, 0.25) is 11.8 Å². The number of aryl methyl sites for hydroxylation is 1. The summed E-state index contributed by atoms with van der Waals surface area (Å²) in [6.07, 6.45) is 8.49. The van der Waals surface area contributed by atoms with Crippen molar-refractivity contribution in [1.29, 1.82) is 0 Å². The Balaban J connectivity index is 1.46. The molecule has 1 aromatic heterocycles. The fourth-order valence-electron chi connectivity index (χ4n) is 4.32. The highest BCUT2D eigenvalue weighted by atomic mass is 16.2. The number of carbonyl (C=O) groups is 2. The lowest BCUT2D eigenvalue weighted by molar-refractivity contribution is -0.144. The minimum absolute atomic E-state index is 0.00873. The number of likely N-dealkylation sites (tertiary alicyclic amines) is 2. The van der Waals surface area contributed by atoms with Crippen LogP contribution in [0.15, 0.2) is 12.4 Å². The lowest BCUT2D eigenvalue weighted by atomic mass is 9.73. The zero-order valence-corrected chi connectivity index (χ0v) is 15.4. The van der Waals surface area contributed by atoms with Gasteiger partial charge < -0.3 is 15.5 Å². The molecule has 3 aliphatic rings. The summed E-state index contributed by atoms with van der Waals surface area (Å²) in [6, 6.07) is 0. The molecule has 3 heterocycles. The predicted molar refractivity (Wildman–Crippen MR) is 95.8 cm³/mol. The predicted octanol–water partition coefficient (Wildman–Crippen LogP) is 1.01. The second kappa shape index (κ2) is 6.30. The van der Waals surface area contributed by atoms with E-state index in [0.29, 0.717) is 26.1 Å². The van der Waals surface area contributed by atoms with Crippen molar-refractivity contribution in [1.82, 2.24) is 19.8 Å². The monoisotopic (exact) mass is 357 g/mol. The van der Waals surface area contributed by atoms with Crippen LogP contribution in [0.4, 0.5) is 0 Å². The molecule has 1 aromatic rings. The van der Waals surface area contributed by atoms with E-state index in [1.807, 2.05) is 16.7 Å². The standard InChI is InChI=1S/C19H27N5O2/c1-14-9-22-15(10-21-14)11-24-13-18(5-3-16(24)25)4-2-8-23(12-18)17(26)19(20)6-7-19/h9-10H,2-8,11-13,20H2,1H3. The van der Waals surface area contributed by atoms with E-state index in [1.165, 1.54) is 0 Å². The quantitative estimate of drug-likeness (QED) is 0.871. The molecule has 1 unspecified atom stereocenters. The van der Waals surface area contributed by atoms with Gasteiger partial charge in [-0.3, -0.25) is 19.6 Å². The molecule has 2 saturated heterocycles. The Hall–Kier alpha value is -2.02. The van der Waals surface area contributed by atoms with E-state index in [4.69, 9.17) is 5.73 Å². The van der Waals surface area contributed by atoms with Crippen LogP contribution >= 0.6 is 0 Å². The topological polar surface area (TPSA) is 92.4 Å². The number of piperidine rings is 2. The van der Waals surface area contributed by atoms with Crippen LogP contribution in [0.2, 0.25) is 0 Å². The molecule has 1 atom stereocenters. The molecule has 2 N–H and O–H groups in total. The Morgan fingerprint density at radius 3 is 2.69 bits per heavy atom. The largest absolute Gasteiger partial charge is 0.340 e. The molecule has 1 saturated carbocycles. The summed E-state index contributed by atoms with van der Waals surface area (Å²) in [6.45, 7) is 4.58. The van der Waals surface area contributed by atoms with E-state index in [1.54, 1.807) is 12.4 Å². The molecule has 7 nitrogen and oxygen atoms in total. The van der Waals surface area contributed by atoms with Crippen LogP contribution in [-0.2, 0) is 16.1 Å². The second-order valence-corrected chi connectivity index (χ2v) is 8.39. The van der Waals surface area contributed by atoms with Gasteiger partial charge in [-0.1, -0.05) is 0 Å². The molecule has 2 amide bonds. The van der Waals surface area contributed by atoms with Gasteiger partial charge in [0, 0.05) is 37.7 Å². The van der Waals surface area contributed by atoms with Crippen molar-refractivity contribution < 1.29 is 9.59 Å². The Morgan fingerprint density at radius 2 is 2.00 bits per heavy atom. The third kappa shape index (κ3) is 3.32. The summed E-state index contributed by atoms with van der Waals surface area (Å²) in [5.41, 5.74) is 7.19. The van der Waals surface area contributed by atoms with Crippen LogP contribution in [0.3, 0.4) is 0 Å². The van der Waals surface area contributed by atoms with E-state index in [-0.39, 0.29) is 17.2 Å². The van der Waals surface area contributed by atoms with Crippen LogP contribution in [0, 0.1) is 12.3 Å². The van der Waals surface area contributed by atoms with Crippen LogP contribution in [0.5, 0.6) is 0 Å². The van der Waals surface area contributed by atoms with Crippen molar-refractivity contribution in [2.45, 2.75) is 57.5 Å². The Bertz CT molecular complexity index is 715. The van der Waals surface area contributed by atoms with Crippen LogP contribution in [0.25, 0.3) is 0 Å². The maximum Gasteiger partial charge on any atom is 0.242 e. The average molecular weight is 357 g/mol. The highest BCUT2D eigenvalue weighted by molar-refractivity contribution is 5.89. The minimum atomic E-state index is -0.611. The molecule has 140 valence electrons. The molecule has 2 aliphatic heterocycles. The van der Waals surface area contributed by atoms with Crippen molar-refractivity contribution in [2.75, 3.05) is 19.6 Å². The lowest BCUT2D eigenvalue weighted by Crippen LogP contribution is -2.57. The van der Waals surface area contributed by atoms with E-state index in [2.05, 4.69) is 9.97 Å². The van der Waals surface area contributed by atoms with Crippen LogP contribution in [0.1, 0.15) is 49.9 Å². The Kier molecular flexibility index (Phi) is 4.22. The molecular formula is C19H27N5O2. The molecule has 4 rings (SSSR count). The maximum absolute atomic E-state index is 12.7. The first kappa shape index (κ1) is 17.4. The Labute approximate surface area is 154 Å². The number of nitrogens with two attached hydrogens (primary N) is 1. The first-order valence-corrected chi connectivity index (χ1v) is 9.53. The van der Waals surface area contributed by atoms with Crippen molar-refractivity contribution >= 4 is 11.8 Å². The number of carbonyl (C=O) groups excluding carboxylic acids is 2. The van der Waals surface area contributed by atoms with Crippen molar-refractivity contribution in [3.8, 4) is 0 Å². The highest BCUT2D eigenvalue weighted by Crippen LogP contribution is 2.42. The van der Waals surface area contributed by atoms with Gasteiger partial charge >= 0.3 is 0 Å². The molecule has 0 aromatic carbocycles. The summed E-state index contributed by atoms with van der Waals surface area (Å²) in [5.74, 6) is 0.267. The van der Waals surface area contributed by atoms with E-state index in [0.717, 1.165) is 50.0 Å². The van der Waals surface area contributed by atoms with E-state index < -0.39 is 5.54 Å². The van der Waals surface area contributed by atoms with Crippen molar-refractivity contribution in [3.63, 3.8) is 0 Å². The fourth-order valence-corrected chi connectivity index (χ4v) is 4.32. The number of amides is 2. The second-order valence-electron chi connectivity index (χ2n) is 8.39. The van der Waals surface area contributed by atoms with Crippen LogP contribution in [-0.4, -0.2) is 56.8 Å². The molecule has 0 bridgehead atoms. The van der Waals surface area contributed by atoms with Gasteiger partial charge in [0.1, 0.15) is 0 Å². The minimum Gasteiger partial charge on any atom is -0.340 e. The third-order valence-electron chi connectivity index (χ3n) is 6.10. The zero-order valence-electron chi connectivity index (χ0n) is 15.4. The van der Waals surface area contributed by atoms with Gasteiger partial charge in [-0.05, 0) is 39.0 Å². The molecule has 3 fully saturated rings. The normalized spacial score (nSPS) is 27.7. The zero-order chi connectivity index (χ0) is 18.4. The molecule has 1 spiro atoms. The number of hydrogen-bond acceptors (Lipinski definition) is 5. The van der Waals surface area contributed by atoms with Gasteiger partial charge in [-0.2, -0.15) is 0 Å². The summed E-state index contributed by atoms with van der Waals surface area (Å²) in [7, 11) is 0. The van der Waals surface area contributed by atoms with Crippen molar-refractivity contribution in [2.24, 2.45) is 11.1 Å². The van der Waals surface area contributed by atoms with Gasteiger partial charge in [-0.25, -0.2) is 0 Å². The molecule has 0 radical (unpaired) electrons. The summed E-state index contributed by atoms with van der Waals surface area (Å²) >= 11 is 0. The number of hydrogen-bond donors (Lipinski definition) is 1. The first-order chi connectivity index (χ1) is 12.4. The number of nitrogens with zero attached hydrogens (tertiary/aromatic N) is 4. The summed E-state index contributed by atoms with van der Waals surface area (Å²) in [4.78, 5) is 37.6. The van der Waals surface area contributed by atoms with E-state index in [9.17, 15) is 9.59 Å². The summed E-state index contributed by atoms with van der Waals surface area (Å²) < 4.78 is 0. The molecule has 1 aliphatic carbocycles. The van der Waals surface area contributed by atoms with Gasteiger partial charge in [0.15, 0.2) is 0 Å². The molecule has 26 heavy (non-hydrogen) atoms. The average Bonchev–Trinajstić information content (AvgIpc) is 3.39. The SMILES string of the molecule is Cc1cnc(CN2CC3(CCCN(C(=O)C4(N)CC4)C3)CCC2=O)cn1. The lowest BCUT2D eigenvalue weighted by Gasteiger charge is -2.48. The smallest absolute Gasteiger partial charge is 0.242 e. The van der Waals surface area contributed by atoms with Gasteiger partial charge in [0.05, 0.1) is 29.7 Å².